The van der Waals surface area contributed by atoms with Crippen molar-refractivity contribution < 1.29 is 5.11 Å². The van der Waals surface area contributed by atoms with Crippen LogP contribution in [0, 0.1) is 5.92 Å². The van der Waals surface area contributed by atoms with Crippen LogP contribution in [0.5, 0.6) is 0 Å². The van der Waals surface area contributed by atoms with Crippen molar-refractivity contribution in [1.82, 2.24) is 0 Å². The molecule has 2 atom stereocenters. The smallest absolute Gasteiger partial charge is 0.0521 e. The molecule has 0 amide bonds. The third-order valence-electron chi connectivity index (χ3n) is 2.59. The maximum Gasteiger partial charge on any atom is 0.0521 e. The van der Waals surface area contributed by atoms with Crippen molar-refractivity contribution in [1.29, 1.82) is 0 Å². The van der Waals surface area contributed by atoms with Gasteiger partial charge in [-0.2, -0.15) is 11.8 Å². The molecule has 72 valence electrons. The largest absolute Gasteiger partial charge is 0.396 e. The number of aliphatic hydroxyl groups is 1. The van der Waals surface area contributed by atoms with Crippen LogP contribution in [0.25, 0.3) is 0 Å². The highest BCUT2D eigenvalue weighted by Crippen LogP contribution is 2.27. The van der Waals surface area contributed by atoms with Crippen molar-refractivity contribution in [2.75, 3.05) is 18.1 Å². The predicted molar refractivity (Wildman–Crippen MR) is 54.3 cm³/mol. The molecule has 1 fully saturated rings. The van der Waals surface area contributed by atoms with Crippen LogP contribution in [0.3, 0.4) is 0 Å². The summed E-state index contributed by atoms with van der Waals surface area (Å²) in [4.78, 5) is 0. The molecule has 2 unspecified atom stereocenters. The van der Waals surface area contributed by atoms with Gasteiger partial charge in [0.05, 0.1) is 6.61 Å². The van der Waals surface area contributed by atoms with Crippen LogP contribution in [0.15, 0.2) is 0 Å². The molecule has 0 aromatic heterocycles. The minimum absolute atomic E-state index is 0.307. The van der Waals surface area contributed by atoms with Crippen molar-refractivity contribution in [2.45, 2.75) is 31.7 Å². The van der Waals surface area contributed by atoms with Crippen molar-refractivity contribution in [2.24, 2.45) is 11.7 Å². The lowest BCUT2D eigenvalue weighted by molar-refractivity contribution is 0.322. The number of rotatable bonds is 5. The van der Waals surface area contributed by atoms with Gasteiger partial charge in [0.2, 0.25) is 0 Å². The predicted octanol–water partition coefficient (Wildman–Crippen LogP) is 1.23. The molecular formula is C9H19NOS. The zero-order valence-electron chi connectivity index (χ0n) is 7.54. The van der Waals surface area contributed by atoms with E-state index in [1.54, 1.807) is 0 Å². The van der Waals surface area contributed by atoms with Crippen molar-refractivity contribution in [3.8, 4) is 0 Å². The fourth-order valence-corrected chi connectivity index (χ4v) is 2.63. The Hall–Kier alpha value is 0.270. The Morgan fingerprint density at radius 2 is 2.17 bits per heavy atom. The minimum Gasteiger partial charge on any atom is -0.396 e. The van der Waals surface area contributed by atoms with Crippen molar-refractivity contribution >= 4 is 11.8 Å². The first kappa shape index (κ1) is 10.4. The van der Waals surface area contributed by atoms with Gasteiger partial charge >= 0.3 is 0 Å². The fourth-order valence-electron chi connectivity index (χ4n) is 1.83. The summed E-state index contributed by atoms with van der Waals surface area (Å²) in [5.41, 5.74) is 5.94. The van der Waals surface area contributed by atoms with Crippen LogP contribution in [0.2, 0.25) is 0 Å². The van der Waals surface area contributed by atoms with Crippen LogP contribution >= 0.6 is 11.8 Å². The second-order valence-electron chi connectivity index (χ2n) is 3.48. The molecule has 1 aliphatic carbocycles. The Morgan fingerprint density at radius 1 is 1.33 bits per heavy atom. The lowest BCUT2D eigenvalue weighted by Crippen LogP contribution is -2.24. The molecule has 0 aromatic rings. The first-order valence-electron chi connectivity index (χ1n) is 4.78. The van der Waals surface area contributed by atoms with E-state index in [1.807, 2.05) is 11.8 Å². The lowest BCUT2D eigenvalue weighted by atomic mass is 10.0. The SMILES string of the molecule is NC1CCCC1CCSCCO. The first-order chi connectivity index (χ1) is 5.84. The van der Waals surface area contributed by atoms with Gasteiger partial charge in [-0.05, 0) is 30.9 Å². The normalized spacial score (nSPS) is 29.5. The van der Waals surface area contributed by atoms with Crippen molar-refractivity contribution in [3.05, 3.63) is 0 Å². The van der Waals surface area contributed by atoms with Gasteiger partial charge in [0.15, 0.2) is 0 Å². The Kier molecular flexibility index (Phi) is 5.04. The molecule has 0 aliphatic heterocycles. The van der Waals surface area contributed by atoms with E-state index in [0.29, 0.717) is 12.6 Å². The zero-order valence-corrected chi connectivity index (χ0v) is 8.35. The van der Waals surface area contributed by atoms with Crippen molar-refractivity contribution in [3.63, 3.8) is 0 Å². The molecule has 1 rings (SSSR count). The van der Waals surface area contributed by atoms with E-state index in [4.69, 9.17) is 10.8 Å². The first-order valence-corrected chi connectivity index (χ1v) is 5.94. The third-order valence-corrected chi connectivity index (χ3v) is 3.58. The number of aliphatic hydroxyl groups excluding tert-OH is 1. The monoisotopic (exact) mass is 189 g/mol. The molecule has 12 heavy (non-hydrogen) atoms. The molecular weight excluding hydrogens is 170 g/mol. The molecule has 1 saturated carbocycles. The number of hydrogen-bond donors (Lipinski definition) is 2. The highest BCUT2D eigenvalue weighted by atomic mass is 32.2. The molecule has 1 aliphatic rings. The molecule has 0 bridgehead atoms. The number of nitrogens with two attached hydrogens (primary N) is 1. The zero-order chi connectivity index (χ0) is 8.81. The maximum absolute atomic E-state index is 8.56. The average molecular weight is 189 g/mol. The van der Waals surface area contributed by atoms with Crippen LogP contribution < -0.4 is 5.73 Å². The molecule has 0 aromatic carbocycles. The summed E-state index contributed by atoms with van der Waals surface area (Å²) in [7, 11) is 0. The fraction of sp³-hybridized carbons (Fsp3) is 1.00. The third kappa shape index (κ3) is 3.33. The highest BCUT2D eigenvalue weighted by molar-refractivity contribution is 7.99. The Bertz CT molecular complexity index is 121. The Labute approximate surface area is 78.9 Å². The van der Waals surface area contributed by atoms with E-state index in [0.717, 1.165) is 11.7 Å². The van der Waals surface area contributed by atoms with E-state index in [-0.39, 0.29) is 0 Å². The summed E-state index contributed by atoms with van der Waals surface area (Å²) in [6.45, 7) is 0.307. The van der Waals surface area contributed by atoms with Gasteiger partial charge in [-0.15, -0.1) is 0 Å². The Balaban J connectivity index is 1.98. The molecule has 0 heterocycles. The second kappa shape index (κ2) is 5.84. The molecule has 3 N–H and O–H groups in total. The molecule has 3 heteroatoms. The van der Waals surface area contributed by atoms with Gasteiger partial charge in [0.25, 0.3) is 0 Å². The molecule has 2 nitrogen and oxygen atoms in total. The van der Waals surface area contributed by atoms with Crippen LogP contribution in [0.4, 0.5) is 0 Å². The van der Waals surface area contributed by atoms with Gasteiger partial charge in [0, 0.05) is 11.8 Å². The van der Waals surface area contributed by atoms with Gasteiger partial charge in [0.1, 0.15) is 0 Å². The summed E-state index contributed by atoms with van der Waals surface area (Å²) in [6.07, 6.45) is 5.10. The average Bonchev–Trinajstić information content (AvgIpc) is 2.46. The highest BCUT2D eigenvalue weighted by Gasteiger charge is 2.22. The van der Waals surface area contributed by atoms with Gasteiger partial charge in [-0.25, -0.2) is 0 Å². The van der Waals surface area contributed by atoms with E-state index >= 15 is 0 Å². The quantitative estimate of drug-likeness (QED) is 0.639. The second-order valence-corrected chi connectivity index (χ2v) is 4.70. The lowest BCUT2D eigenvalue weighted by Gasteiger charge is -2.13. The Morgan fingerprint density at radius 3 is 2.75 bits per heavy atom. The van der Waals surface area contributed by atoms with E-state index in [1.165, 1.54) is 31.4 Å². The minimum atomic E-state index is 0.307. The van der Waals surface area contributed by atoms with Gasteiger partial charge < -0.3 is 10.8 Å². The standard InChI is InChI=1S/C9H19NOS/c10-9-3-1-2-8(9)4-6-12-7-5-11/h8-9,11H,1-7,10H2. The summed E-state index contributed by atoms with van der Waals surface area (Å²) < 4.78 is 0. The van der Waals surface area contributed by atoms with Crippen LogP contribution in [0.1, 0.15) is 25.7 Å². The molecule has 0 saturated heterocycles. The summed E-state index contributed by atoms with van der Waals surface area (Å²) in [5, 5.41) is 8.56. The molecule has 0 radical (unpaired) electrons. The molecule has 0 spiro atoms. The summed E-state index contributed by atoms with van der Waals surface area (Å²) in [6, 6.07) is 0.458. The number of hydrogen-bond acceptors (Lipinski definition) is 3. The number of thioether (sulfide) groups is 1. The van der Waals surface area contributed by atoms with Crippen LogP contribution in [-0.2, 0) is 0 Å². The maximum atomic E-state index is 8.56. The summed E-state index contributed by atoms with van der Waals surface area (Å²) >= 11 is 1.84. The topological polar surface area (TPSA) is 46.2 Å². The van der Waals surface area contributed by atoms with E-state index < -0.39 is 0 Å². The summed E-state index contributed by atoms with van der Waals surface area (Å²) in [5.74, 6) is 2.80. The van der Waals surface area contributed by atoms with E-state index in [9.17, 15) is 0 Å². The van der Waals surface area contributed by atoms with Gasteiger partial charge in [-0.1, -0.05) is 6.42 Å². The van der Waals surface area contributed by atoms with E-state index in [2.05, 4.69) is 0 Å². The van der Waals surface area contributed by atoms with Gasteiger partial charge in [-0.3, -0.25) is 0 Å². The van der Waals surface area contributed by atoms with Crippen LogP contribution in [-0.4, -0.2) is 29.3 Å².